The van der Waals surface area contributed by atoms with E-state index in [1.165, 1.54) is 23.5 Å². The van der Waals surface area contributed by atoms with Crippen LogP contribution in [0.25, 0.3) is 10.1 Å². The lowest BCUT2D eigenvalue weighted by Gasteiger charge is -2.05. The van der Waals surface area contributed by atoms with Gasteiger partial charge in [-0.15, -0.1) is 11.3 Å². The summed E-state index contributed by atoms with van der Waals surface area (Å²) in [5.74, 6) is -1.02. The normalized spacial score (nSPS) is 10.8. The minimum Gasteiger partial charge on any atom is -0.421 e. The molecular weight excluding hydrogens is 334 g/mol. The maximum Gasteiger partial charge on any atom is 0.355 e. The van der Waals surface area contributed by atoms with E-state index in [9.17, 15) is 9.18 Å². The van der Waals surface area contributed by atoms with Crippen molar-refractivity contribution in [3.63, 3.8) is 0 Å². The van der Waals surface area contributed by atoms with Crippen molar-refractivity contribution in [3.05, 3.63) is 63.2 Å². The van der Waals surface area contributed by atoms with E-state index < -0.39 is 11.8 Å². The van der Waals surface area contributed by atoms with Gasteiger partial charge in [-0.05, 0) is 24.3 Å². The first-order chi connectivity index (χ1) is 10.1. The lowest BCUT2D eigenvalue weighted by Crippen LogP contribution is -2.07. The van der Waals surface area contributed by atoms with E-state index in [0.29, 0.717) is 9.90 Å². The molecule has 0 spiro atoms. The molecule has 1 aromatic heterocycles. The molecule has 0 atom stereocenters. The van der Waals surface area contributed by atoms with Crippen LogP contribution in [0, 0.1) is 5.82 Å². The largest absolute Gasteiger partial charge is 0.421 e. The number of benzene rings is 2. The van der Waals surface area contributed by atoms with E-state index in [1.807, 2.05) is 24.3 Å². The molecule has 0 aliphatic rings. The molecule has 3 rings (SSSR count). The van der Waals surface area contributed by atoms with E-state index in [1.54, 1.807) is 0 Å². The number of thiophene rings is 1. The second-order valence-electron chi connectivity index (χ2n) is 4.21. The summed E-state index contributed by atoms with van der Waals surface area (Å²) < 4.78 is 19.0. The Labute approximate surface area is 133 Å². The Morgan fingerprint density at radius 3 is 2.62 bits per heavy atom. The zero-order valence-electron chi connectivity index (χ0n) is 10.4. The minimum absolute atomic E-state index is 0.0283. The fourth-order valence-electron chi connectivity index (χ4n) is 1.85. The maximum atomic E-state index is 13.0. The van der Waals surface area contributed by atoms with Crippen LogP contribution in [-0.4, -0.2) is 5.97 Å². The fourth-order valence-corrected chi connectivity index (χ4v) is 3.44. The first-order valence-electron chi connectivity index (χ1n) is 5.90. The van der Waals surface area contributed by atoms with E-state index in [-0.39, 0.29) is 10.8 Å². The van der Waals surface area contributed by atoms with Gasteiger partial charge in [-0.2, -0.15) is 0 Å². The monoisotopic (exact) mass is 340 g/mol. The van der Waals surface area contributed by atoms with Gasteiger partial charge in [-0.25, -0.2) is 9.18 Å². The van der Waals surface area contributed by atoms with Crippen molar-refractivity contribution in [2.24, 2.45) is 0 Å². The summed E-state index contributed by atoms with van der Waals surface area (Å²) in [5, 5.41) is 1.17. The van der Waals surface area contributed by atoms with Crippen LogP contribution in [0.5, 0.6) is 5.75 Å². The second kappa shape index (κ2) is 5.64. The first kappa shape index (κ1) is 14.3. The molecule has 0 N–H and O–H groups in total. The van der Waals surface area contributed by atoms with Gasteiger partial charge in [0.15, 0.2) is 0 Å². The van der Waals surface area contributed by atoms with Crippen molar-refractivity contribution < 1.29 is 13.9 Å². The molecule has 0 unspecified atom stereocenters. The summed E-state index contributed by atoms with van der Waals surface area (Å²) in [6.07, 6.45) is 0. The Kier molecular flexibility index (Phi) is 3.85. The van der Waals surface area contributed by atoms with Gasteiger partial charge in [0, 0.05) is 10.1 Å². The molecule has 0 aliphatic carbocycles. The average molecular weight is 341 g/mol. The highest BCUT2D eigenvalue weighted by atomic mass is 35.5. The number of carbonyl (C=O) groups is 1. The van der Waals surface area contributed by atoms with Crippen molar-refractivity contribution in [1.29, 1.82) is 0 Å². The predicted molar refractivity (Wildman–Crippen MR) is 83.2 cm³/mol. The molecule has 106 valence electrons. The Hall–Kier alpha value is -1.62. The lowest BCUT2D eigenvalue weighted by molar-refractivity contribution is 0.0740. The Bertz CT molecular complexity index is 845. The molecule has 2 nitrogen and oxygen atoms in total. The van der Waals surface area contributed by atoms with E-state index >= 15 is 0 Å². The standard InChI is InChI=1S/C15H7Cl2FO2S/c16-10-7-8(18)5-6-11(10)20-15(19)14-13(17)9-3-1-2-4-12(9)21-14/h1-7H. The van der Waals surface area contributed by atoms with Crippen LogP contribution >= 0.6 is 34.5 Å². The molecule has 3 aromatic rings. The first-order valence-corrected chi connectivity index (χ1v) is 7.48. The molecule has 1 heterocycles. The Morgan fingerprint density at radius 1 is 1.14 bits per heavy atom. The van der Waals surface area contributed by atoms with E-state index in [4.69, 9.17) is 27.9 Å². The molecule has 0 amide bonds. The number of esters is 1. The number of hydrogen-bond acceptors (Lipinski definition) is 3. The quantitative estimate of drug-likeness (QED) is 0.450. The SMILES string of the molecule is O=C(Oc1ccc(F)cc1Cl)c1sc2ccccc2c1Cl. The van der Waals surface area contributed by atoms with Crippen molar-refractivity contribution in [2.75, 3.05) is 0 Å². The van der Waals surface area contributed by atoms with Crippen molar-refractivity contribution in [2.45, 2.75) is 0 Å². The number of rotatable bonds is 2. The third-order valence-electron chi connectivity index (χ3n) is 2.82. The van der Waals surface area contributed by atoms with Gasteiger partial charge in [0.1, 0.15) is 16.4 Å². The van der Waals surface area contributed by atoms with Crippen molar-refractivity contribution >= 4 is 50.6 Å². The highest BCUT2D eigenvalue weighted by Crippen LogP contribution is 2.36. The molecule has 0 aliphatic heterocycles. The van der Waals surface area contributed by atoms with E-state index in [2.05, 4.69) is 0 Å². The molecule has 2 aromatic carbocycles. The van der Waals surface area contributed by atoms with Crippen LogP contribution in [0.15, 0.2) is 42.5 Å². The summed E-state index contributed by atoms with van der Waals surface area (Å²) in [5.41, 5.74) is 0. The summed E-state index contributed by atoms with van der Waals surface area (Å²) >= 11 is 13.3. The van der Waals surface area contributed by atoms with Crippen LogP contribution in [0.1, 0.15) is 9.67 Å². The van der Waals surface area contributed by atoms with Gasteiger partial charge in [0.05, 0.1) is 10.0 Å². The third kappa shape index (κ3) is 2.75. The predicted octanol–water partition coefficient (Wildman–Crippen LogP) is 5.57. The topological polar surface area (TPSA) is 26.3 Å². The molecular formula is C15H7Cl2FO2S. The minimum atomic E-state index is -0.616. The molecule has 0 fully saturated rings. The molecule has 0 bridgehead atoms. The van der Waals surface area contributed by atoms with Crippen LogP contribution in [0.4, 0.5) is 4.39 Å². The van der Waals surface area contributed by atoms with Gasteiger partial charge >= 0.3 is 5.97 Å². The average Bonchev–Trinajstić information content (AvgIpc) is 2.80. The fraction of sp³-hybridized carbons (Fsp3) is 0. The van der Waals surface area contributed by atoms with Gasteiger partial charge in [-0.1, -0.05) is 41.4 Å². The summed E-state index contributed by atoms with van der Waals surface area (Å²) in [6, 6.07) is 11.0. The van der Waals surface area contributed by atoms with Crippen LogP contribution < -0.4 is 4.74 Å². The molecule has 6 heteroatoms. The van der Waals surface area contributed by atoms with Gasteiger partial charge < -0.3 is 4.74 Å². The molecule has 0 radical (unpaired) electrons. The zero-order valence-corrected chi connectivity index (χ0v) is 12.7. The summed E-state index contributed by atoms with van der Waals surface area (Å²) in [7, 11) is 0. The van der Waals surface area contributed by atoms with Gasteiger partial charge in [0.2, 0.25) is 0 Å². The van der Waals surface area contributed by atoms with Gasteiger partial charge in [-0.3, -0.25) is 0 Å². The number of halogens is 3. The molecule has 0 saturated carbocycles. The Morgan fingerprint density at radius 2 is 1.90 bits per heavy atom. The third-order valence-corrected chi connectivity index (χ3v) is 4.77. The zero-order chi connectivity index (χ0) is 15.0. The number of fused-ring (bicyclic) bond motifs is 1. The summed E-state index contributed by atoms with van der Waals surface area (Å²) in [6.45, 7) is 0. The highest BCUT2D eigenvalue weighted by Gasteiger charge is 2.19. The van der Waals surface area contributed by atoms with Gasteiger partial charge in [0.25, 0.3) is 0 Å². The van der Waals surface area contributed by atoms with Crippen molar-refractivity contribution in [3.8, 4) is 5.75 Å². The van der Waals surface area contributed by atoms with Crippen LogP contribution in [-0.2, 0) is 0 Å². The number of carbonyl (C=O) groups excluding carboxylic acids is 1. The molecule has 0 saturated heterocycles. The molecule has 21 heavy (non-hydrogen) atoms. The van der Waals surface area contributed by atoms with Crippen molar-refractivity contribution in [1.82, 2.24) is 0 Å². The lowest BCUT2D eigenvalue weighted by atomic mass is 10.2. The van der Waals surface area contributed by atoms with E-state index in [0.717, 1.165) is 16.2 Å². The smallest absolute Gasteiger partial charge is 0.355 e. The number of hydrogen-bond donors (Lipinski definition) is 0. The van der Waals surface area contributed by atoms with Crippen LogP contribution in [0.2, 0.25) is 10.0 Å². The highest BCUT2D eigenvalue weighted by molar-refractivity contribution is 7.21. The Balaban J connectivity index is 1.95. The maximum absolute atomic E-state index is 13.0. The second-order valence-corrected chi connectivity index (χ2v) is 6.04. The van der Waals surface area contributed by atoms with Crippen LogP contribution in [0.3, 0.4) is 0 Å². The number of ether oxygens (including phenoxy) is 1. The summed E-state index contributed by atoms with van der Waals surface area (Å²) in [4.78, 5) is 12.5.